The van der Waals surface area contributed by atoms with E-state index in [1.807, 2.05) is 0 Å². The van der Waals surface area contributed by atoms with Gasteiger partial charge in [0.15, 0.2) is 0 Å². The summed E-state index contributed by atoms with van der Waals surface area (Å²) in [5.74, 6) is -3.36. The molecule has 1 rings (SSSR count). The maximum Gasteiger partial charge on any atom is 0.419 e. The van der Waals surface area contributed by atoms with Crippen molar-refractivity contribution in [2.24, 2.45) is 0 Å². The van der Waals surface area contributed by atoms with E-state index in [1.54, 1.807) is 0 Å². The smallest absolute Gasteiger partial charge is 0.278 e. The fourth-order valence-corrected chi connectivity index (χ4v) is 0.952. The predicted octanol–water partition coefficient (Wildman–Crippen LogP) is 2.35. The largest absolute Gasteiger partial charge is 0.419 e. The van der Waals surface area contributed by atoms with Gasteiger partial charge in [0, 0.05) is 13.3 Å². The van der Waals surface area contributed by atoms with Crippen LogP contribution in [0.25, 0.3) is 0 Å². The van der Waals surface area contributed by atoms with E-state index in [1.165, 1.54) is 0 Å². The molecule has 72 valence electrons. The van der Waals surface area contributed by atoms with Crippen LogP contribution in [0.1, 0.15) is 20.3 Å². The topological polar surface area (TPSA) is 18.5 Å². The second kappa shape index (κ2) is 2.32. The molecule has 2 atom stereocenters. The molecule has 0 aromatic carbocycles. The molecule has 0 aromatic rings. The molecule has 0 N–H and O–H groups in total. The molecule has 2 nitrogen and oxygen atoms in total. The maximum absolute atomic E-state index is 13.0. The monoisotopic (exact) mass is 188 g/mol. The van der Waals surface area contributed by atoms with Gasteiger partial charge < -0.3 is 0 Å². The van der Waals surface area contributed by atoms with E-state index in [2.05, 4.69) is 9.47 Å². The Hall–Kier alpha value is -0.360. The van der Waals surface area contributed by atoms with Crippen molar-refractivity contribution in [3.63, 3.8) is 0 Å². The molecular weight excluding hydrogens is 180 g/mol. The minimum atomic E-state index is -4.23. The highest BCUT2D eigenvalue weighted by Crippen LogP contribution is 2.49. The first kappa shape index (κ1) is 9.73. The first-order chi connectivity index (χ1) is 5.22. The van der Waals surface area contributed by atoms with E-state index < -0.39 is 24.4 Å². The highest BCUT2D eigenvalue weighted by molar-refractivity contribution is 4.84. The quantitative estimate of drug-likeness (QED) is 0.588. The Morgan fingerprint density at radius 3 is 1.75 bits per heavy atom. The Kier molecular flexibility index (Phi) is 1.88. The summed E-state index contributed by atoms with van der Waals surface area (Å²) in [6.07, 6.45) is -4.91. The molecule has 1 heterocycles. The molecule has 0 saturated carbocycles. The highest BCUT2D eigenvalue weighted by atomic mass is 19.3. The van der Waals surface area contributed by atoms with E-state index in [9.17, 15) is 17.6 Å². The lowest BCUT2D eigenvalue weighted by Crippen LogP contribution is -2.40. The molecule has 0 aromatic heterocycles. The van der Waals surface area contributed by atoms with Crippen molar-refractivity contribution >= 4 is 0 Å². The van der Waals surface area contributed by atoms with Crippen molar-refractivity contribution in [2.45, 2.75) is 38.3 Å². The van der Waals surface area contributed by atoms with Crippen molar-refractivity contribution in [3.8, 4) is 0 Å². The standard InChI is InChI=1S/C6H8F4O2/c1-3-5(8)6(9,10)12-4(2,7)11-5/h3H2,1-2H3. The molecule has 1 fully saturated rings. The first-order valence-electron chi connectivity index (χ1n) is 3.38. The molecule has 1 aliphatic heterocycles. The van der Waals surface area contributed by atoms with Gasteiger partial charge in [-0.25, -0.2) is 4.39 Å². The lowest BCUT2D eigenvalue weighted by molar-refractivity contribution is -0.315. The van der Waals surface area contributed by atoms with Crippen LogP contribution in [0.15, 0.2) is 0 Å². The van der Waals surface area contributed by atoms with E-state index in [-0.39, 0.29) is 0 Å². The minimum Gasteiger partial charge on any atom is -0.278 e. The van der Waals surface area contributed by atoms with E-state index in [0.29, 0.717) is 6.92 Å². The summed E-state index contributed by atoms with van der Waals surface area (Å²) in [5, 5.41) is 0. The molecule has 0 radical (unpaired) electrons. The molecule has 12 heavy (non-hydrogen) atoms. The van der Waals surface area contributed by atoms with Gasteiger partial charge in [0.25, 0.3) is 0 Å². The average molecular weight is 188 g/mol. The van der Waals surface area contributed by atoms with Crippen molar-refractivity contribution in [1.82, 2.24) is 0 Å². The van der Waals surface area contributed by atoms with Gasteiger partial charge >= 0.3 is 18.0 Å². The number of halogens is 4. The van der Waals surface area contributed by atoms with Crippen molar-refractivity contribution in [3.05, 3.63) is 0 Å². The molecule has 0 aliphatic carbocycles. The van der Waals surface area contributed by atoms with Gasteiger partial charge in [-0.3, -0.25) is 9.47 Å². The number of hydrogen-bond acceptors (Lipinski definition) is 2. The Bertz CT molecular complexity index is 194. The lowest BCUT2D eigenvalue weighted by atomic mass is 10.2. The van der Waals surface area contributed by atoms with Gasteiger partial charge in [0.2, 0.25) is 0 Å². The summed E-state index contributed by atoms with van der Waals surface area (Å²) < 4.78 is 57.9. The normalized spacial score (nSPS) is 46.5. The van der Waals surface area contributed by atoms with E-state index >= 15 is 0 Å². The Morgan fingerprint density at radius 1 is 1.08 bits per heavy atom. The SMILES string of the molecule is CCC1(F)OC(C)(F)OC1(F)F. The fourth-order valence-electron chi connectivity index (χ4n) is 0.952. The summed E-state index contributed by atoms with van der Waals surface area (Å²) in [7, 11) is 0. The molecule has 0 spiro atoms. The Labute approximate surface area is 66.4 Å². The summed E-state index contributed by atoms with van der Waals surface area (Å²) in [6.45, 7) is 1.69. The van der Waals surface area contributed by atoms with Crippen molar-refractivity contribution < 1.29 is 27.0 Å². The average Bonchev–Trinajstić information content (AvgIpc) is 1.98. The number of hydrogen-bond donors (Lipinski definition) is 0. The first-order valence-corrected chi connectivity index (χ1v) is 3.38. The van der Waals surface area contributed by atoms with Crippen LogP contribution in [0, 0.1) is 0 Å². The molecular formula is C6H8F4O2. The van der Waals surface area contributed by atoms with Crippen LogP contribution < -0.4 is 0 Å². The van der Waals surface area contributed by atoms with Gasteiger partial charge in [-0.1, -0.05) is 6.92 Å². The molecule has 0 bridgehead atoms. The predicted molar refractivity (Wildman–Crippen MR) is 30.8 cm³/mol. The maximum atomic E-state index is 13.0. The van der Waals surface area contributed by atoms with Gasteiger partial charge in [-0.05, 0) is 0 Å². The third-order valence-electron chi connectivity index (χ3n) is 1.54. The van der Waals surface area contributed by atoms with Crippen LogP contribution in [0.2, 0.25) is 0 Å². The van der Waals surface area contributed by atoms with Gasteiger partial charge in [0.05, 0.1) is 0 Å². The van der Waals surface area contributed by atoms with Crippen molar-refractivity contribution in [1.29, 1.82) is 0 Å². The van der Waals surface area contributed by atoms with Crippen LogP contribution in [0.3, 0.4) is 0 Å². The van der Waals surface area contributed by atoms with Crippen LogP contribution in [-0.4, -0.2) is 18.0 Å². The molecule has 6 heteroatoms. The number of ether oxygens (including phenoxy) is 2. The van der Waals surface area contributed by atoms with E-state index in [0.717, 1.165) is 6.92 Å². The molecule has 0 amide bonds. The third-order valence-corrected chi connectivity index (χ3v) is 1.54. The lowest BCUT2D eigenvalue weighted by Gasteiger charge is -2.20. The zero-order chi connectivity index (χ0) is 9.62. The number of alkyl halides is 4. The van der Waals surface area contributed by atoms with Gasteiger partial charge in [-0.15, -0.1) is 0 Å². The summed E-state index contributed by atoms with van der Waals surface area (Å²) >= 11 is 0. The minimum absolute atomic E-state index is 0.581. The van der Waals surface area contributed by atoms with Crippen LogP contribution in [-0.2, 0) is 9.47 Å². The number of rotatable bonds is 1. The van der Waals surface area contributed by atoms with Crippen LogP contribution in [0.4, 0.5) is 17.6 Å². The van der Waals surface area contributed by atoms with Gasteiger partial charge in [-0.2, -0.15) is 13.2 Å². The second-order valence-corrected chi connectivity index (χ2v) is 2.64. The third kappa shape index (κ3) is 1.29. The molecule has 1 aliphatic rings. The zero-order valence-electron chi connectivity index (χ0n) is 6.54. The van der Waals surface area contributed by atoms with Gasteiger partial charge in [0.1, 0.15) is 0 Å². The second-order valence-electron chi connectivity index (χ2n) is 2.64. The van der Waals surface area contributed by atoms with Crippen LogP contribution >= 0.6 is 0 Å². The Morgan fingerprint density at radius 2 is 1.58 bits per heavy atom. The van der Waals surface area contributed by atoms with Crippen molar-refractivity contribution in [2.75, 3.05) is 0 Å². The fraction of sp³-hybridized carbons (Fsp3) is 1.00. The molecule has 1 saturated heterocycles. The Balaban J connectivity index is 2.92. The molecule has 2 unspecified atom stereocenters. The van der Waals surface area contributed by atoms with E-state index in [4.69, 9.17) is 0 Å². The summed E-state index contributed by atoms with van der Waals surface area (Å²) in [6, 6.07) is -3.06. The van der Waals surface area contributed by atoms with Crippen LogP contribution in [0.5, 0.6) is 0 Å². The zero-order valence-corrected chi connectivity index (χ0v) is 6.54. The summed E-state index contributed by atoms with van der Waals surface area (Å²) in [4.78, 5) is 0. The highest BCUT2D eigenvalue weighted by Gasteiger charge is 2.69. The summed E-state index contributed by atoms with van der Waals surface area (Å²) in [5.41, 5.74) is 0.